The second-order valence-electron chi connectivity index (χ2n) is 4.87. The summed E-state index contributed by atoms with van der Waals surface area (Å²) in [7, 11) is -3.13. The van der Waals surface area contributed by atoms with Crippen molar-refractivity contribution < 1.29 is 8.42 Å². The molecule has 2 aromatic rings. The van der Waals surface area contributed by atoms with Gasteiger partial charge >= 0.3 is 0 Å². The molecule has 0 atom stereocenters. The van der Waals surface area contributed by atoms with Crippen LogP contribution in [0.2, 0.25) is 0 Å². The van der Waals surface area contributed by atoms with Crippen LogP contribution in [-0.4, -0.2) is 14.7 Å². The van der Waals surface area contributed by atoms with Gasteiger partial charge in [-0.05, 0) is 41.5 Å². The van der Waals surface area contributed by atoms with E-state index in [2.05, 4.69) is 21.2 Å². The van der Waals surface area contributed by atoms with Crippen molar-refractivity contribution in [2.45, 2.75) is 18.0 Å². The monoisotopic (exact) mass is 368 g/mol. The van der Waals surface area contributed by atoms with E-state index in [4.69, 9.17) is 5.73 Å². The van der Waals surface area contributed by atoms with Crippen LogP contribution in [-0.2, 0) is 22.9 Å². The maximum atomic E-state index is 11.4. The number of sulfone groups is 1. The molecule has 21 heavy (non-hydrogen) atoms. The highest BCUT2D eigenvalue weighted by molar-refractivity contribution is 9.10. The zero-order chi connectivity index (χ0) is 15.5. The summed E-state index contributed by atoms with van der Waals surface area (Å²) < 4.78 is 23.8. The standard InChI is InChI=1S/C15H17BrN2O2S/c1-21(19,20)14-5-2-11(3-6-14)9-18-10-12-8-13(17)4-7-15(12)16/h2-8,18H,9-10,17H2,1H3. The zero-order valence-corrected chi connectivity index (χ0v) is 14.0. The molecule has 2 rings (SSSR count). The molecule has 0 aliphatic carbocycles. The number of nitrogens with one attached hydrogen (secondary N) is 1. The Morgan fingerprint density at radius 2 is 1.76 bits per heavy atom. The van der Waals surface area contributed by atoms with Gasteiger partial charge in [-0.1, -0.05) is 28.1 Å². The number of hydrogen-bond acceptors (Lipinski definition) is 4. The van der Waals surface area contributed by atoms with E-state index in [1.54, 1.807) is 12.1 Å². The molecule has 2 aromatic carbocycles. The van der Waals surface area contributed by atoms with Gasteiger partial charge < -0.3 is 11.1 Å². The number of rotatable bonds is 5. The molecule has 3 N–H and O–H groups in total. The molecule has 0 amide bonds. The highest BCUT2D eigenvalue weighted by Crippen LogP contribution is 2.19. The molecular formula is C15H17BrN2O2S. The van der Waals surface area contributed by atoms with Gasteiger partial charge in [0, 0.05) is 29.5 Å². The van der Waals surface area contributed by atoms with Gasteiger partial charge in [-0.15, -0.1) is 0 Å². The van der Waals surface area contributed by atoms with Crippen LogP contribution in [0.4, 0.5) is 5.69 Å². The molecule has 0 unspecified atom stereocenters. The number of halogens is 1. The summed E-state index contributed by atoms with van der Waals surface area (Å²) in [6.45, 7) is 1.34. The van der Waals surface area contributed by atoms with Crippen molar-refractivity contribution in [3.8, 4) is 0 Å². The molecular weight excluding hydrogens is 352 g/mol. The minimum absolute atomic E-state index is 0.338. The first kappa shape index (κ1) is 16.0. The molecule has 0 saturated carbocycles. The van der Waals surface area contributed by atoms with Gasteiger partial charge in [-0.3, -0.25) is 0 Å². The van der Waals surface area contributed by atoms with Gasteiger partial charge in [0.25, 0.3) is 0 Å². The van der Waals surface area contributed by atoms with Crippen LogP contribution < -0.4 is 11.1 Å². The van der Waals surface area contributed by atoms with Crippen LogP contribution in [0.25, 0.3) is 0 Å². The third kappa shape index (κ3) is 4.56. The zero-order valence-electron chi connectivity index (χ0n) is 11.6. The predicted molar refractivity (Wildman–Crippen MR) is 88.6 cm³/mol. The first-order valence-corrected chi connectivity index (χ1v) is 9.08. The van der Waals surface area contributed by atoms with Crippen LogP contribution in [0, 0.1) is 0 Å². The van der Waals surface area contributed by atoms with Crippen LogP contribution >= 0.6 is 15.9 Å². The van der Waals surface area contributed by atoms with E-state index in [0.29, 0.717) is 18.0 Å². The van der Waals surface area contributed by atoms with Crippen molar-refractivity contribution in [2.24, 2.45) is 0 Å². The third-order valence-corrected chi connectivity index (χ3v) is 4.97. The van der Waals surface area contributed by atoms with Crippen molar-refractivity contribution in [3.63, 3.8) is 0 Å². The van der Waals surface area contributed by atoms with E-state index in [0.717, 1.165) is 21.3 Å². The molecule has 0 aliphatic heterocycles. The maximum Gasteiger partial charge on any atom is 0.175 e. The average molecular weight is 369 g/mol. The molecule has 0 spiro atoms. The molecule has 0 aromatic heterocycles. The van der Waals surface area contributed by atoms with Crippen LogP contribution in [0.3, 0.4) is 0 Å². The van der Waals surface area contributed by atoms with Crippen molar-refractivity contribution in [1.82, 2.24) is 5.32 Å². The van der Waals surface area contributed by atoms with E-state index in [1.807, 2.05) is 30.3 Å². The lowest BCUT2D eigenvalue weighted by molar-refractivity contribution is 0.602. The van der Waals surface area contributed by atoms with Crippen LogP contribution in [0.1, 0.15) is 11.1 Å². The Hall–Kier alpha value is -1.37. The van der Waals surface area contributed by atoms with Crippen molar-refractivity contribution >= 4 is 31.5 Å². The minimum Gasteiger partial charge on any atom is -0.399 e. The van der Waals surface area contributed by atoms with E-state index in [9.17, 15) is 8.42 Å². The Labute approximate surface area is 133 Å². The van der Waals surface area contributed by atoms with E-state index in [-0.39, 0.29) is 0 Å². The first-order chi connectivity index (χ1) is 9.86. The van der Waals surface area contributed by atoms with Gasteiger partial charge in [0.2, 0.25) is 0 Å². The lowest BCUT2D eigenvalue weighted by Crippen LogP contribution is -2.13. The summed E-state index contributed by atoms with van der Waals surface area (Å²) in [4.78, 5) is 0.338. The van der Waals surface area contributed by atoms with E-state index < -0.39 is 9.84 Å². The number of anilines is 1. The molecule has 0 fully saturated rings. The SMILES string of the molecule is CS(=O)(=O)c1ccc(CNCc2cc(N)ccc2Br)cc1. The highest BCUT2D eigenvalue weighted by Gasteiger charge is 2.06. The smallest absolute Gasteiger partial charge is 0.175 e. The van der Waals surface area contributed by atoms with Gasteiger partial charge in [0.15, 0.2) is 9.84 Å². The van der Waals surface area contributed by atoms with Gasteiger partial charge in [-0.25, -0.2) is 8.42 Å². The minimum atomic E-state index is -3.13. The fraction of sp³-hybridized carbons (Fsp3) is 0.200. The van der Waals surface area contributed by atoms with Crippen LogP contribution in [0.5, 0.6) is 0 Å². The van der Waals surface area contributed by atoms with Crippen molar-refractivity contribution in [1.29, 1.82) is 0 Å². The summed E-state index contributed by atoms with van der Waals surface area (Å²) in [5, 5.41) is 3.31. The summed E-state index contributed by atoms with van der Waals surface area (Å²) in [6, 6.07) is 12.6. The Bertz CT molecular complexity index is 728. The quantitative estimate of drug-likeness (QED) is 0.795. The van der Waals surface area contributed by atoms with Gasteiger partial charge in [0.05, 0.1) is 4.90 Å². The Morgan fingerprint density at radius 1 is 1.10 bits per heavy atom. The lowest BCUT2D eigenvalue weighted by Gasteiger charge is -2.08. The Balaban J connectivity index is 1.96. The molecule has 4 nitrogen and oxygen atoms in total. The fourth-order valence-corrected chi connectivity index (χ4v) is 2.94. The summed E-state index contributed by atoms with van der Waals surface area (Å²) in [5.74, 6) is 0. The third-order valence-electron chi connectivity index (χ3n) is 3.07. The largest absolute Gasteiger partial charge is 0.399 e. The lowest BCUT2D eigenvalue weighted by atomic mass is 10.2. The normalized spacial score (nSPS) is 11.5. The summed E-state index contributed by atoms with van der Waals surface area (Å²) >= 11 is 3.49. The molecule has 0 radical (unpaired) electrons. The van der Waals surface area contributed by atoms with E-state index in [1.165, 1.54) is 6.26 Å². The number of nitrogens with two attached hydrogens (primary N) is 1. The van der Waals surface area contributed by atoms with Crippen molar-refractivity contribution in [2.75, 3.05) is 12.0 Å². The Kier molecular flexibility index (Phi) is 5.03. The molecule has 0 heterocycles. The number of nitrogen functional groups attached to an aromatic ring is 1. The van der Waals surface area contributed by atoms with Crippen molar-refractivity contribution in [3.05, 3.63) is 58.1 Å². The average Bonchev–Trinajstić information content (AvgIpc) is 2.42. The van der Waals surface area contributed by atoms with E-state index >= 15 is 0 Å². The Morgan fingerprint density at radius 3 is 2.38 bits per heavy atom. The van der Waals surface area contributed by atoms with Gasteiger partial charge in [-0.2, -0.15) is 0 Å². The topological polar surface area (TPSA) is 72.2 Å². The van der Waals surface area contributed by atoms with Crippen LogP contribution in [0.15, 0.2) is 51.8 Å². The molecule has 0 saturated heterocycles. The number of hydrogen-bond donors (Lipinski definition) is 2. The second kappa shape index (κ2) is 6.60. The highest BCUT2D eigenvalue weighted by atomic mass is 79.9. The summed E-state index contributed by atoms with van der Waals surface area (Å²) in [5.41, 5.74) is 8.61. The molecule has 112 valence electrons. The van der Waals surface area contributed by atoms with Gasteiger partial charge in [0.1, 0.15) is 0 Å². The maximum absolute atomic E-state index is 11.4. The second-order valence-corrected chi connectivity index (χ2v) is 7.74. The molecule has 6 heteroatoms. The molecule has 0 aliphatic rings. The molecule has 0 bridgehead atoms. The fourth-order valence-electron chi connectivity index (χ4n) is 1.93. The number of benzene rings is 2. The summed E-state index contributed by atoms with van der Waals surface area (Å²) in [6.07, 6.45) is 1.21. The first-order valence-electron chi connectivity index (χ1n) is 6.40. The predicted octanol–water partition coefficient (Wildman–Crippen LogP) is 2.72.